The molecule has 0 aliphatic carbocycles. The molecule has 0 aromatic carbocycles. The fourth-order valence-electron chi connectivity index (χ4n) is 0.567. The molecular weight excluding hydrogens is 194 g/mol. The average molecular weight is 207 g/mol. The van der Waals surface area contributed by atoms with E-state index >= 15 is 0 Å². The predicted octanol–water partition coefficient (Wildman–Crippen LogP) is 0.550. The lowest BCUT2D eigenvalue weighted by Crippen LogP contribution is -2.26. The number of hydrogen-bond donors (Lipinski definition) is 2. The second-order valence-corrected chi connectivity index (χ2v) is 3.20. The maximum Gasteiger partial charge on any atom is 0.407 e. The maximum atomic E-state index is 10.7. The summed E-state index contributed by atoms with van der Waals surface area (Å²) in [6.45, 7) is 2.49. The highest BCUT2D eigenvalue weighted by Gasteiger charge is 1.99. The first kappa shape index (κ1) is 12.1. The number of alkyl carbamates (subject to hydrolysis) is 1. The van der Waals surface area contributed by atoms with Crippen LogP contribution in [0.25, 0.3) is 0 Å². The van der Waals surface area contributed by atoms with Gasteiger partial charge < -0.3 is 15.2 Å². The van der Waals surface area contributed by atoms with E-state index in [1.807, 2.05) is 0 Å². The van der Waals surface area contributed by atoms with Crippen molar-refractivity contribution in [3.63, 3.8) is 0 Å². The molecule has 0 heterocycles. The van der Waals surface area contributed by atoms with E-state index < -0.39 is 12.1 Å². The molecule has 76 valence electrons. The second kappa shape index (κ2) is 7.72. The summed E-state index contributed by atoms with van der Waals surface area (Å²) in [6.07, 6.45) is -0.460. The SMILES string of the molecule is CCOC(=O)NCCSCC(=O)O. The van der Waals surface area contributed by atoms with Gasteiger partial charge in [-0.2, -0.15) is 0 Å². The number of carboxylic acids is 1. The number of thioether (sulfide) groups is 1. The number of carboxylic acid groups (broad SMARTS) is 1. The van der Waals surface area contributed by atoms with Crippen molar-refractivity contribution in [2.24, 2.45) is 0 Å². The lowest BCUT2D eigenvalue weighted by Gasteiger charge is -2.03. The zero-order chi connectivity index (χ0) is 10.1. The summed E-state index contributed by atoms with van der Waals surface area (Å²) in [5.74, 6) is -0.212. The maximum absolute atomic E-state index is 10.7. The van der Waals surface area contributed by atoms with Crippen molar-refractivity contribution in [2.45, 2.75) is 6.92 Å². The van der Waals surface area contributed by atoms with Crippen molar-refractivity contribution in [1.29, 1.82) is 0 Å². The molecule has 13 heavy (non-hydrogen) atoms. The Morgan fingerprint density at radius 1 is 1.54 bits per heavy atom. The van der Waals surface area contributed by atoms with Crippen LogP contribution in [0.1, 0.15) is 6.92 Å². The van der Waals surface area contributed by atoms with Crippen LogP contribution in [-0.4, -0.2) is 41.8 Å². The summed E-state index contributed by atoms with van der Waals surface area (Å²) in [5.41, 5.74) is 0. The molecule has 0 aliphatic heterocycles. The molecule has 1 amide bonds. The van der Waals surface area contributed by atoms with E-state index in [4.69, 9.17) is 5.11 Å². The van der Waals surface area contributed by atoms with Crippen molar-refractivity contribution >= 4 is 23.8 Å². The molecule has 0 unspecified atom stereocenters. The largest absolute Gasteiger partial charge is 0.481 e. The molecule has 0 radical (unpaired) electrons. The number of aliphatic carboxylic acids is 1. The smallest absolute Gasteiger partial charge is 0.407 e. The molecule has 0 saturated carbocycles. The Bertz CT molecular complexity index is 174. The minimum absolute atomic E-state index is 0.0600. The Labute approximate surface area is 80.8 Å². The van der Waals surface area contributed by atoms with Crippen LogP contribution in [0.2, 0.25) is 0 Å². The monoisotopic (exact) mass is 207 g/mol. The molecule has 6 heteroatoms. The number of amides is 1. The number of hydrogen-bond acceptors (Lipinski definition) is 4. The summed E-state index contributed by atoms with van der Waals surface area (Å²) in [6, 6.07) is 0. The van der Waals surface area contributed by atoms with Gasteiger partial charge in [-0.3, -0.25) is 4.79 Å². The molecule has 0 aliphatic rings. The zero-order valence-corrected chi connectivity index (χ0v) is 8.23. The number of carbonyl (C=O) groups is 2. The molecule has 0 fully saturated rings. The minimum Gasteiger partial charge on any atom is -0.481 e. The molecule has 0 atom stereocenters. The van der Waals surface area contributed by atoms with Crippen LogP contribution >= 0.6 is 11.8 Å². The first-order valence-electron chi connectivity index (χ1n) is 3.87. The van der Waals surface area contributed by atoms with Gasteiger partial charge in [0.25, 0.3) is 0 Å². The molecule has 0 spiro atoms. The van der Waals surface area contributed by atoms with Gasteiger partial charge in [0, 0.05) is 12.3 Å². The standard InChI is InChI=1S/C7H13NO4S/c1-2-12-7(11)8-3-4-13-5-6(9)10/h2-5H2,1H3,(H,8,11)(H,9,10). The highest BCUT2D eigenvalue weighted by molar-refractivity contribution is 7.99. The van der Waals surface area contributed by atoms with Crippen LogP contribution in [0.15, 0.2) is 0 Å². The Morgan fingerprint density at radius 2 is 2.23 bits per heavy atom. The third kappa shape index (κ3) is 9.00. The summed E-state index contributed by atoms with van der Waals surface area (Å²) >= 11 is 1.25. The van der Waals surface area contributed by atoms with Crippen molar-refractivity contribution in [2.75, 3.05) is 24.7 Å². The zero-order valence-electron chi connectivity index (χ0n) is 7.41. The fourth-order valence-corrected chi connectivity index (χ4v) is 1.13. The molecule has 0 saturated heterocycles. The summed E-state index contributed by atoms with van der Waals surface area (Å²) < 4.78 is 4.59. The highest BCUT2D eigenvalue weighted by Crippen LogP contribution is 1.96. The average Bonchev–Trinajstić information content (AvgIpc) is 2.03. The fraction of sp³-hybridized carbons (Fsp3) is 0.714. The van der Waals surface area contributed by atoms with Gasteiger partial charge in [0.15, 0.2) is 0 Å². The van der Waals surface area contributed by atoms with Gasteiger partial charge in [-0.1, -0.05) is 0 Å². The van der Waals surface area contributed by atoms with Crippen molar-refractivity contribution in [1.82, 2.24) is 5.32 Å². The summed E-state index contributed by atoms with van der Waals surface area (Å²) in [4.78, 5) is 20.7. The first-order chi connectivity index (χ1) is 6.16. The van der Waals surface area contributed by atoms with Crippen LogP contribution in [0.5, 0.6) is 0 Å². The minimum atomic E-state index is -0.846. The molecule has 2 N–H and O–H groups in total. The number of rotatable bonds is 6. The Kier molecular flexibility index (Phi) is 7.18. The highest BCUT2D eigenvalue weighted by atomic mass is 32.2. The van der Waals surface area contributed by atoms with Crippen LogP contribution in [0.4, 0.5) is 4.79 Å². The summed E-state index contributed by atoms with van der Waals surface area (Å²) in [7, 11) is 0. The predicted molar refractivity (Wildman–Crippen MR) is 50.0 cm³/mol. The van der Waals surface area contributed by atoms with E-state index in [0.29, 0.717) is 18.9 Å². The lowest BCUT2D eigenvalue weighted by atomic mass is 10.7. The number of carbonyl (C=O) groups excluding carboxylic acids is 1. The van der Waals surface area contributed by atoms with Gasteiger partial charge in [-0.15, -0.1) is 11.8 Å². The normalized spacial score (nSPS) is 9.31. The molecule has 0 aromatic rings. The van der Waals surface area contributed by atoms with E-state index in [0.717, 1.165) is 0 Å². The molecule has 0 bridgehead atoms. The van der Waals surface area contributed by atoms with Crippen molar-refractivity contribution < 1.29 is 19.4 Å². The van der Waals surface area contributed by atoms with Gasteiger partial charge in [0.05, 0.1) is 12.4 Å². The summed E-state index contributed by atoms with van der Waals surface area (Å²) in [5, 5.41) is 10.8. The number of nitrogens with one attached hydrogen (secondary N) is 1. The Balaban J connectivity index is 3.16. The van der Waals surface area contributed by atoms with Gasteiger partial charge in [0.1, 0.15) is 0 Å². The Morgan fingerprint density at radius 3 is 2.77 bits per heavy atom. The van der Waals surface area contributed by atoms with Crippen LogP contribution in [0, 0.1) is 0 Å². The van der Waals surface area contributed by atoms with Gasteiger partial charge in [-0.05, 0) is 6.92 Å². The van der Waals surface area contributed by atoms with Crippen LogP contribution in [-0.2, 0) is 9.53 Å². The van der Waals surface area contributed by atoms with Gasteiger partial charge >= 0.3 is 12.1 Å². The Hall–Kier alpha value is -0.910. The molecule has 0 aromatic heterocycles. The topological polar surface area (TPSA) is 75.6 Å². The van der Waals surface area contributed by atoms with E-state index in [-0.39, 0.29) is 5.75 Å². The van der Waals surface area contributed by atoms with E-state index in [9.17, 15) is 9.59 Å². The molecular formula is C7H13NO4S. The van der Waals surface area contributed by atoms with E-state index in [1.54, 1.807) is 6.92 Å². The van der Waals surface area contributed by atoms with Crippen LogP contribution in [0.3, 0.4) is 0 Å². The number of ether oxygens (including phenoxy) is 1. The van der Waals surface area contributed by atoms with E-state index in [2.05, 4.69) is 10.1 Å². The quantitative estimate of drug-likeness (QED) is 0.622. The van der Waals surface area contributed by atoms with Crippen molar-refractivity contribution in [3.05, 3.63) is 0 Å². The second-order valence-electron chi connectivity index (χ2n) is 2.09. The van der Waals surface area contributed by atoms with Gasteiger partial charge in [0.2, 0.25) is 0 Å². The van der Waals surface area contributed by atoms with Crippen LogP contribution < -0.4 is 5.32 Å². The van der Waals surface area contributed by atoms with E-state index in [1.165, 1.54) is 11.8 Å². The third-order valence-electron chi connectivity index (χ3n) is 1.02. The van der Waals surface area contributed by atoms with Gasteiger partial charge in [-0.25, -0.2) is 4.79 Å². The van der Waals surface area contributed by atoms with Crippen molar-refractivity contribution in [3.8, 4) is 0 Å². The lowest BCUT2D eigenvalue weighted by molar-refractivity contribution is -0.133. The molecule has 5 nitrogen and oxygen atoms in total. The first-order valence-corrected chi connectivity index (χ1v) is 5.02. The molecule has 0 rings (SSSR count). The third-order valence-corrected chi connectivity index (χ3v) is 1.96.